The lowest BCUT2D eigenvalue weighted by atomic mass is 10.4. The van der Waals surface area contributed by atoms with Crippen LogP contribution in [0.5, 0.6) is 0 Å². The molecule has 0 aliphatic carbocycles. The van der Waals surface area contributed by atoms with E-state index in [2.05, 4.69) is 4.74 Å². The number of amides is 1. The van der Waals surface area contributed by atoms with Crippen LogP contribution in [0.1, 0.15) is 6.92 Å². The lowest BCUT2D eigenvalue weighted by molar-refractivity contribution is 0.172. The van der Waals surface area contributed by atoms with Crippen LogP contribution in [0, 0.1) is 6.61 Å². The summed E-state index contributed by atoms with van der Waals surface area (Å²) in [7, 11) is 1.70. The zero-order valence-electron chi connectivity index (χ0n) is 4.92. The van der Waals surface area contributed by atoms with E-state index in [9.17, 15) is 4.79 Å². The smallest absolute Gasteiger partial charge is 0.410 e. The zero-order chi connectivity index (χ0) is 6.15. The minimum absolute atomic E-state index is 0.127. The predicted octanol–water partition coefficient (Wildman–Crippen LogP) is 0.619. The molecule has 0 aromatic heterocycles. The molecule has 3 heteroatoms. The molecule has 1 atom stereocenters. The van der Waals surface area contributed by atoms with E-state index in [1.807, 2.05) is 6.92 Å². The second kappa shape index (κ2) is 1.65. The van der Waals surface area contributed by atoms with E-state index in [0.717, 1.165) is 0 Å². The van der Waals surface area contributed by atoms with Gasteiger partial charge >= 0.3 is 6.09 Å². The van der Waals surface area contributed by atoms with Crippen molar-refractivity contribution in [3.63, 3.8) is 0 Å². The van der Waals surface area contributed by atoms with Crippen LogP contribution in [0.4, 0.5) is 4.79 Å². The van der Waals surface area contributed by atoms with Gasteiger partial charge in [-0.05, 0) is 6.92 Å². The summed E-state index contributed by atoms with van der Waals surface area (Å²) in [6.45, 7) is 3.41. The van der Waals surface area contributed by atoms with Crippen LogP contribution < -0.4 is 0 Å². The van der Waals surface area contributed by atoms with Gasteiger partial charge in [0.05, 0.1) is 6.04 Å². The summed E-state index contributed by atoms with van der Waals surface area (Å²) in [6.07, 6.45) is -0.266. The van der Waals surface area contributed by atoms with Crippen LogP contribution in [-0.4, -0.2) is 24.1 Å². The van der Waals surface area contributed by atoms with Crippen LogP contribution in [0.3, 0.4) is 0 Å². The highest BCUT2D eigenvalue weighted by Gasteiger charge is 2.25. The fraction of sp³-hybridized carbons (Fsp3) is 0.600. The molecule has 3 nitrogen and oxygen atoms in total. The molecule has 0 N–H and O–H groups in total. The molecule has 8 heavy (non-hydrogen) atoms. The highest BCUT2D eigenvalue weighted by Crippen LogP contribution is 2.11. The van der Waals surface area contributed by atoms with Gasteiger partial charge < -0.3 is 9.64 Å². The van der Waals surface area contributed by atoms with Crippen LogP contribution in [0.25, 0.3) is 0 Å². The highest BCUT2D eigenvalue weighted by atomic mass is 16.6. The van der Waals surface area contributed by atoms with Crippen LogP contribution in [0.2, 0.25) is 0 Å². The molecule has 1 rings (SSSR count). The first-order chi connectivity index (χ1) is 3.72. The third-order valence-corrected chi connectivity index (χ3v) is 1.26. The fourth-order valence-electron chi connectivity index (χ4n) is 0.497. The van der Waals surface area contributed by atoms with Crippen LogP contribution in [-0.2, 0) is 4.74 Å². The second-order valence-corrected chi connectivity index (χ2v) is 1.87. The van der Waals surface area contributed by atoms with Gasteiger partial charge in [0.25, 0.3) is 0 Å². The van der Waals surface area contributed by atoms with E-state index >= 15 is 0 Å². The van der Waals surface area contributed by atoms with Crippen molar-refractivity contribution in [1.29, 1.82) is 0 Å². The summed E-state index contributed by atoms with van der Waals surface area (Å²) >= 11 is 0. The zero-order valence-corrected chi connectivity index (χ0v) is 4.92. The van der Waals surface area contributed by atoms with E-state index in [1.165, 1.54) is 11.5 Å². The molecule has 1 radical (unpaired) electrons. The molecule has 1 unspecified atom stereocenters. The predicted molar refractivity (Wildman–Crippen MR) is 28.0 cm³/mol. The number of nitrogens with zero attached hydrogens (tertiary/aromatic N) is 1. The summed E-state index contributed by atoms with van der Waals surface area (Å²) in [4.78, 5) is 12.0. The lowest BCUT2D eigenvalue weighted by Gasteiger charge is -2.07. The van der Waals surface area contributed by atoms with Gasteiger partial charge in [-0.1, -0.05) is 0 Å². The number of likely N-dealkylation sites (N-methyl/N-ethyl adjacent to an activating group) is 1. The second-order valence-electron chi connectivity index (χ2n) is 1.87. The Labute approximate surface area is 48.2 Å². The average molecular weight is 114 g/mol. The Bertz CT molecular complexity index is 113. The molecule has 1 fully saturated rings. The largest absolute Gasteiger partial charge is 0.440 e. The monoisotopic (exact) mass is 114 g/mol. The Kier molecular flexibility index (Phi) is 1.12. The van der Waals surface area contributed by atoms with Crippen LogP contribution in [0.15, 0.2) is 0 Å². The van der Waals surface area contributed by atoms with Crippen molar-refractivity contribution in [3.05, 3.63) is 6.61 Å². The molecule has 0 aromatic rings. The Hall–Kier alpha value is -0.730. The molecule has 0 saturated carbocycles. The first-order valence-electron chi connectivity index (χ1n) is 2.48. The van der Waals surface area contributed by atoms with Gasteiger partial charge in [-0.25, -0.2) is 4.79 Å². The number of hydrogen-bond donors (Lipinski definition) is 0. The Balaban J connectivity index is 2.56. The van der Waals surface area contributed by atoms with Crippen molar-refractivity contribution in [2.45, 2.75) is 13.0 Å². The van der Waals surface area contributed by atoms with Crippen molar-refractivity contribution in [1.82, 2.24) is 4.90 Å². The normalized spacial score (nSPS) is 28.5. The Morgan fingerprint density at radius 1 is 1.88 bits per heavy atom. The van der Waals surface area contributed by atoms with Crippen molar-refractivity contribution in [2.75, 3.05) is 7.05 Å². The Morgan fingerprint density at radius 2 is 2.50 bits per heavy atom. The van der Waals surface area contributed by atoms with Gasteiger partial charge in [-0.15, -0.1) is 0 Å². The summed E-state index contributed by atoms with van der Waals surface area (Å²) in [6, 6.07) is 0.127. The van der Waals surface area contributed by atoms with Gasteiger partial charge in [0.15, 0.2) is 6.61 Å². The highest BCUT2D eigenvalue weighted by molar-refractivity contribution is 5.70. The molecule has 1 heterocycles. The van der Waals surface area contributed by atoms with E-state index in [4.69, 9.17) is 0 Å². The number of hydrogen-bond acceptors (Lipinski definition) is 2. The lowest BCUT2D eigenvalue weighted by Crippen LogP contribution is -2.24. The molecule has 1 aliphatic rings. The minimum atomic E-state index is -0.266. The number of ether oxygens (including phenoxy) is 1. The molecule has 1 aliphatic heterocycles. The molecule has 0 spiro atoms. The summed E-state index contributed by atoms with van der Waals surface area (Å²) in [5, 5.41) is 0. The molecule has 0 bridgehead atoms. The maximum atomic E-state index is 10.5. The topological polar surface area (TPSA) is 29.5 Å². The van der Waals surface area contributed by atoms with Gasteiger partial charge in [0, 0.05) is 7.05 Å². The summed E-state index contributed by atoms with van der Waals surface area (Å²) in [5.41, 5.74) is 0. The van der Waals surface area contributed by atoms with Gasteiger partial charge in [-0.3, -0.25) is 0 Å². The molecular formula is C5H8NO2. The molecule has 1 amide bonds. The number of rotatable bonds is 0. The first kappa shape index (κ1) is 5.41. The molecule has 0 aromatic carbocycles. The van der Waals surface area contributed by atoms with Crippen molar-refractivity contribution in [3.8, 4) is 0 Å². The fourth-order valence-corrected chi connectivity index (χ4v) is 0.497. The molecular weight excluding hydrogens is 106 g/mol. The van der Waals surface area contributed by atoms with E-state index in [-0.39, 0.29) is 12.1 Å². The van der Waals surface area contributed by atoms with Crippen molar-refractivity contribution >= 4 is 6.09 Å². The van der Waals surface area contributed by atoms with Crippen LogP contribution >= 0.6 is 0 Å². The number of carbonyl (C=O) groups is 1. The summed E-state index contributed by atoms with van der Waals surface area (Å²) < 4.78 is 4.54. The molecule has 45 valence electrons. The van der Waals surface area contributed by atoms with Crippen molar-refractivity contribution in [2.24, 2.45) is 0 Å². The number of carbonyl (C=O) groups excluding carboxylic acids is 1. The first-order valence-corrected chi connectivity index (χ1v) is 2.48. The van der Waals surface area contributed by atoms with E-state index < -0.39 is 0 Å². The average Bonchev–Trinajstić information content (AvgIpc) is 1.98. The maximum absolute atomic E-state index is 10.5. The van der Waals surface area contributed by atoms with Crippen molar-refractivity contribution < 1.29 is 9.53 Å². The standard InChI is InChI=1S/C5H8NO2/c1-4-3-8-5(7)6(4)2/h3-4H,1-2H3. The SMILES string of the molecule is CC1[CH]OC(=O)N1C. The number of cyclic esters (lactones) is 1. The summed E-state index contributed by atoms with van der Waals surface area (Å²) in [5.74, 6) is 0. The Morgan fingerprint density at radius 3 is 2.62 bits per heavy atom. The van der Waals surface area contributed by atoms with E-state index in [1.54, 1.807) is 7.05 Å². The van der Waals surface area contributed by atoms with E-state index in [0.29, 0.717) is 0 Å². The molecule has 1 saturated heterocycles. The van der Waals surface area contributed by atoms with Gasteiger partial charge in [-0.2, -0.15) is 0 Å². The minimum Gasteiger partial charge on any atom is -0.440 e. The van der Waals surface area contributed by atoms with Gasteiger partial charge in [0.1, 0.15) is 0 Å². The third-order valence-electron chi connectivity index (χ3n) is 1.26. The van der Waals surface area contributed by atoms with Gasteiger partial charge in [0.2, 0.25) is 0 Å². The third kappa shape index (κ3) is 0.638. The quantitative estimate of drug-likeness (QED) is 0.462. The maximum Gasteiger partial charge on any atom is 0.410 e.